The first-order valence-electron chi connectivity index (χ1n) is 10.4. The number of aryl methyl sites for hydroxylation is 1. The van der Waals surface area contributed by atoms with Crippen LogP contribution in [0.15, 0.2) is 24.5 Å². The van der Waals surface area contributed by atoms with Crippen LogP contribution in [-0.2, 0) is 21.8 Å². The van der Waals surface area contributed by atoms with E-state index in [1.54, 1.807) is 0 Å². The summed E-state index contributed by atoms with van der Waals surface area (Å²) in [5.74, 6) is -0.635. The number of ether oxygens (including phenoxy) is 2. The van der Waals surface area contributed by atoms with Crippen LogP contribution in [0, 0.1) is 0 Å². The average molecular weight is 375 g/mol. The van der Waals surface area contributed by atoms with E-state index < -0.39 is 5.79 Å². The van der Waals surface area contributed by atoms with E-state index >= 15 is 0 Å². The van der Waals surface area contributed by atoms with Crippen LogP contribution < -0.4 is 34.1 Å². The Hall–Kier alpha value is 0.0700. The summed E-state index contributed by atoms with van der Waals surface area (Å²) < 4.78 is 14.7. The summed E-state index contributed by atoms with van der Waals surface area (Å²) in [4.78, 5) is 0. The predicted octanol–water partition coefficient (Wildman–Crippen LogP) is 2.87. The molecule has 0 saturated carbocycles. The van der Waals surface area contributed by atoms with Gasteiger partial charge in [-0.15, -0.1) is 0 Å². The van der Waals surface area contributed by atoms with Crippen molar-refractivity contribution in [2.45, 2.75) is 97.8 Å². The molecule has 0 radical (unpaired) electrons. The van der Waals surface area contributed by atoms with E-state index in [-0.39, 0.29) is 31.0 Å². The van der Waals surface area contributed by atoms with E-state index in [2.05, 4.69) is 56.8 Å². The number of nitrogens with zero attached hydrogens (tertiary/aromatic N) is 1. The molecule has 0 aromatic carbocycles. The van der Waals surface area contributed by atoms with Crippen LogP contribution in [0.2, 0.25) is 0 Å². The molecule has 0 amide bonds. The molecule has 0 aliphatic carbocycles. The van der Waals surface area contributed by atoms with Crippen molar-refractivity contribution in [1.82, 2.24) is 0 Å². The van der Waals surface area contributed by atoms with E-state index in [0.29, 0.717) is 0 Å². The summed E-state index contributed by atoms with van der Waals surface area (Å²) in [6, 6.07) is 4.29. The molecule has 4 heteroatoms. The van der Waals surface area contributed by atoms with Crippen molar-refractivity contribution < 1.29 is 45.0 Å². The molecule has 1 rings (SSSR count). The predicted molar refractivity (Wildman–Crippen MR) is 106 cm³/mol. The van der Waals surface area contributed by atoms with Crippen LogP contribution in [0.5, 0.6) is 0 Å². The van der Waals surface area contributed by atoms with E-state index in [1.807, 2.05) is 0 Å². The molecule has 0 N–H and O–H groups in total. The molecule has 1 aromatic heterocycles. The van der Waals surface area contributed by atoms with E-state index in [9.17, 15) is 0 Å². The van der Waals surface area contributed by atoms with E-state index in [4.69, 9.17) is 9.47 Å². The first-order valence-corrected chi connectivity index (χ1v) is 10.4. The third-order valence-electron chi connectivity index (χ3n) is 4.65. The zero-order valence-corrected chi connectivity index (χ0v) is 20.1. The van der Waals surface area contributed by atoms with E-state index in [0.717, 1.165) is 44.6 Å². The SMILES string of the molecule is CCCCCCOC(C)(OCCCCCC)c1cc[n+](CCC)cc1.[H-].[Na+]. The van der Waals surface area contributed by atoms with Gasteiger partial charge in [-0.3, -0.25) is 0 Å². The summed E-state index contributed by atoms with van der Waals surface area (Å²) in [7, 11) is 0. The Balaban J connectivity index is 0. The van der Waals surface area contributed by atoms with Gasteiger partial charge in [0.1, 0.15) is 6.54 Å². The fourth-order valence-corrected chi connectivity index (χ4v) is 2.97. The van der Waals surface area contributed by atoms with Gasteiger partial charge >= 0.3 is 29.6 Å². The third-order valence-corrected chi connectivity index (χ3v) is 4.65. The zero-order valence-electron chi connectivity index (χ0n) is 19.1. The normalized spacial score (nSPS) is 11.4. The van der Waals surface area contributed by atoms with Gasteiger partial charge in [0.25, 0.3) is 0 Å². The molecular formula is C22H41NNaO2+. The third kappa shape index (κ3) is 10.4. The standard InChI is InChI=1S/C22H40NO2.Na.H/c1-5-8-10-12-19-24-22(4,25-20-13-11-9-6-2)21-14-17-23(16-7-3)18-15-21;;/h14-15,17-18H,5-13,16,19-20H2,1-4H3;;/q2*+1;-1. The van der Waals surface area contributed by atoms with Gasteiger partial charge in [0.15, 0.2) is 18.2 Å². The molecule has 0 saturated heterocycles. The molecular weight excluding hydrogens is 333 g/mol. The fraction of sp³-hybridized carbons (Fsp3) is 0.773. The summed E-state index contributed by atoms with van der Waals surface area (Å²) in [5.41, 5.74) is 1.12. The number of aromatic nitrogens is 1. The first kappa shape index (κ1) is 26.1. The minimum absolute atomic E-state index is 0. The fourth-order valence-electron chi connectivity index (χ4n) is 2.97. The van der Waals surface area contributed by atoms with E-state index in [1.165, 1.54) is 38.5 Å². The van der Waals surface area contributed by atoms with Gasteiger partial charge in [-0.1, -0.05) is 59.3 Å². The summed E-state index contributed by atoms with van der Waals surface area (Å²) in [6.45, 7) is 11.3. The molecule has 26 heavy (non-hydrogen) atoms. The maximum absolute atomic E-state index is 6.24. The summed E-state index contributed by atoms with van der Waals surface area (Å²) in [6.07, 6.45) is 15.1. The van der Waals surface area contributed by atoms with Crippen LogP contribution in [0.3, 0.4) is 0 Å². The van der Waals surface area contributed by atoms with Crippen LogP contribution in [0.25, 0.3) is 0 Å². The molecule has 0 atom stereocenters. The van der Waals surface area contributed by atoms with Gasteiger partial charge in [-0.25, -0.2) is 4.57 Å². The molecule has 0 aliphatic rings. The van der Waals surface area contributed by atoms with Gasteiger partial charge in [-0.05, 0) is 19.8 Å². The zero-order chi connectivity index (χ0) is 18.4. The minimum atomic E-state index is -0.635. The van der Waals surface area contributed by atoms with Crippen molar-refractivity contribution in [3.63, 3.8) is 0 Å². The van der Waals surface area contributed by atoms with Crippen molar-refractivity contribution in [1.29, 1.82) is 0 Å². The molecule has 0 spiro atoms. The van der Waals surface area contributed by atoms with Crippen molar-refractivity contribution in [3.8, 4) is 0 Å². The molecule has 0 bridgehead atoms. The maximum Gasteiger partial charge on any atom is 1.00 e. The number of rotatable bonds is 15. The number of hydrogen-bond donors (Lipinski definition) is 0. The topological polar surface area (TPSA) is 22.3 Å². The minimum Gasteiger partial charge on any atom is -1.00 e. The Morgan fingerprint density at radius 2 is 1.31 bits per heavy atom. The van der Waals surface area contributed by atoms with Crippen molar-refractivity contribution in [2.75, 3.05) is 13.2 Å². The summed E-state index contributed by atoms with van der Waals surface area (Å²) in [5, 5.41) is 0. The number of unbranched alkanes of at least 4 members (excludes halogenated alkanes) is 6. The Morgan fingerprint density at radius 3 is 1.73 bits per heavy atom. The molecule has 0 fully saturated rings. The van der Waals surface area contributed by atoms with Crippen molar-refractivity contribution in [2.24, 2.45) is 0 Å². The summed E-state index contributed by atoms with van der Waals surface area (Å²) >= 11 is 0. The van der Waals surface area contributed by atoms with Gasteiger partial charge in [0, 0.05) is 24.1 Å². The molecule has 3 nitrogen and oxygen atoms in total. The van der Waals surface area contributed by atoms with Crippen LogP contribution >= 0.6 is 0 Å². The van der Waals surface area contributed by atoms with Crippen molar-refractivity contribution in [3.05, 3.63) is 30.1 Å². The quantitative estimate of drug-likeness (QED) is 0.204. The van der Waals surface area contributed by atoms with Gasteiger partial charge in [0.05, 0.1) is 13.2 Å². The van der Waals surface area contributed by atoms with Crippen molar-refractivity contribution >= 4 is 0 Å². The molecule has 0 unspecified atom stereocenters. The Kier molecular flexibility index (Phi) is 16.1. The van der Waals surface area contributed by atoms with Crippen LogP contribution in [0.1, 0.15) is 92.5 Å². The largest absolute Gasteiger partial charge is 1.00 e. The number of hydrogen-bond acceptors (Lipinski definition) is 2. The molecule has 1 aromatic rings. The van der Waals surface area contributed by atoms with Gasteiger partial charge < -0.3 is 10.9 Å². The smallest absolute Gasteiger partial charge is 1.00 e. The van der Waals surface area contributed by atoms with Gasteiger partial charge in [-0.2, -0.15) is 0 Å². The molecule has 146 valence electrons. The molecule has 0 aliphatic heterocycles. The Morgan fingerprint density at radius 1 is 0.808 bits per heavy atom. The van der Waals surface area contributed by atoms with Gasteiger partial charge in [0.2, 0.25) is 0 Å². The Bertz CT molecular complexity index is 428. The molecule has 1 heterocycles. The number of pyridine rings is 1. The first-order chi connectivity index (χ1) is 12.2. The van der Waals surface area contributed by atoms with Crippen LogP contribution in [0.4, 0.5) is 0 Å². The van der Waals surface area contributed by atoms with Crippen LogP contribution in [-0.4, -0.2) is 13.2 Å². The average Bonchev–Trinajstić information content (AvgIpc) is 2.62. The Labute approximate surface area is 185 Å². The second-order valence-electron chi connectivity index (χ2n) is 7.09. The second-order valence-corrected chi connectivity index (χ2v) is 7.09. The second kappa shape index (κ2) is 16.1. The monoisotopic (exact) mass is 374 g/mol. The maximum atomic E-state index is 6.24.